The number of fused-ring (bicyclic) bond motifs is 2. The molecule has 0 aliphatic heterocycles. The van der Waals surface area contributed by atoms with Crippen LogP contribution in [0.4, 0.5) is 0 Å². The average molecular weight is 316 g/mol. The van der Waals surface area contributed by atoms with Crippen LogP contribution >= 0.6 is 0 Å². The molecular formula is C22H24N2. The molecule has 2 heteroatoms. The lowest BCUT2D eigenvalue weighted by Gasteiger charge is -2.20. The van der Waals surface area contributed by atoms with Gasteiger partial charge >= 0.3 is 0 Å². The van der Waals surface area contributed by atoms with Crippen LogP contribution in [0.1, 0.15) is 37.7 Å². The molecule has 2 nitrogen and oxygen atoms in total. The van der Waals surface area contributed by atoms with Crippen molar-refractivity contribution >= 4 is 27.8 Å². The number of hydrogen-bond acceptors (Lipinski definition) is 2. The molecule has 0 atom stereocenters. The lowest BCUT2D eigenvalue weighted by Crippen LogP contribution is -2.20. The Morgan fingerprint density at radius 1 is 0.875 bits per heavy atom. The Morgan fingerprint density at radius 2 is 1.50 bits per heavy atom. The zero-order valence-electron chi connectivity index (χ0n) is 14.0. The van der Waals surface area contributed by atoms with E-state index >= 15 is 0 Å². The molecule has 0 amide bonds. The minimum absolute atomic E-state index is 0.792. The maximum atomic E-state index is 4.56. The molecule has 0 bridgehead atoms. The van der Waals surface area contributed by atoms with Gasteiger partial charge in [0.1, 0.15) is 0 Å². The van der Waals surface area contributed by atoms with Crippen molar-refractivity contribution in [2.24, 2.45) is 11.0 Å². The maximum absolute atomic E-state index is 4.56. The maximum Gasteiger partial charge on any atom is 0.0552 e. The van der Waals surface area contributed by atoms with E-state index < -0.39 is 0 Å². The highest BCUT2D eigenvalue weighted by Crippen LogP contribution is 2.27. The Bertz CT molecular complexity index is 806. The third-order valence-electron chi connectivity index (χ3n) is 5.20. The highest BCUT2D eigenvalue weighted by molar-refractivity contribution is 6.13. The molecule has 0 heterocycles. The summed E-state index contributed by atoms with van der Waals surface area (Å²) in [7, 11) is 0. The van der Waals surface area contributed by atoms with Crippen LogP contribution in [0, 0.1) is 5.92 Å². The van der Waals surface area contributed by atoms with Gasteiger partial charge in [-0.15, -0.1) is 0 Å². The SMILES string of the molecule is C(=N\NCC1CCCCC1)/c1c2ccccc2cc2ccccc12. The van der Waals surface area contributed by atoms with Gasteiger partial charge in [-0.25, -0.2) is 0 Å². The van der Waals surface area contributed by atoms with Gasteiger partial charge in [-0.3, -0.25) is 0 Å². The lowest BCUT2D eigenvalue weighted by atomic mass is 9.89. The van der Waals surface area contributed by atoms with E-state index in [0.29, 0.717) is 0 Å². The summed E-state index contributed by atoms with van der Waals surface area (Å²) in [6, 6.07) is 19.4. The number of hydrogen-bond donors (Lipinski definition) is 1. The van der Waals surface area contributed by atoms with Crippen LogP contribution in [0.2, 0.25) is 0 Å². The highest BCUT2D eigenvalue weighted by Gasteiger charge is 2.12. The Morgan fingerprint density at radius 3 is 2.17 bits per heavy atom. The second kappa shape index (κ2) is 7.04. The Kier molecular flexibility index (Phi) is 4.46. The fourth-order valence-corrected chi connectivity index (χ4v) is 3.87. The van der Waals surface area contributed by atoms with Gasteiger partial charge in [0.15, 0.2) is 0 Å². The Labute approximate surface area is 143 Å². The van der Waals surface area contributed by atoms with Crippen LogP contribution in [0.15, 0.2) is 59.7 Å². The number of nitrogens with one attached hydrogen (secondary N) is 1. The van der Waals surface area contributed by atoms with Crippen LogP contribution < -0.4 is 5.43 Å². The van der Waals surface area contributed by atoms with E-state index in [2.05, 4.69) is 65.1 Å². The normalized spacial score (nSPS) is 16.2. The monoisotopic (exact) mass is 316 g/mol. The Balaban J connectivity index is 1.62. The van der Waals surface area contributed by atoms with Crippen molar-refractivity contribution in [1.29, 1.82) is 0 Å². The molecule has 3 aromatic rings. The summed E-state index contributed by atoms with van der Waals surface area (Å²) in [6.07, 6.45) is 8.86. The smallest absolute Gasteiger partial charge is 0.0552 e. The zero-order chi connectivity index (χ0) is 16.2. The van der Waals surface area contributed by atoms with E-state index in [1.165, 1.54) is 59.2 Å². The molecule has 0 radical (unpaired) electrons. The zero-order valence-corrected chi connectivity index (χ0v) is 14.0. The first kappa shape index (κ1) is 15.2. The minimum atomic E-state index is 0.792. The van der Waals surface area contributed by atoms with Crippen LogP contribution in [-0.4, -0.2) is 12.8 Å². The van der Waals surface area contributed by atoms with Crippen LogP contribution in [0.3, 0.4) is 0 Å². The van der Waals surface area contributed by atoms with Crippen molar-refractivity contribution in [3.05, 3.63) is 60.2 Å². The molecule has 0 aromatic heterocycles. The summed E-state index contributed by atoms with van der Waals surface area (Å²) < 4.78 is 0. The second-order valence-electron chi connectivity index (χ2n) is 6.86. The van der Waals surface area contributed by atoms with Gasteiger partial charge in [0.2, 0.25) is 0 Å². The van der Waals surface area contributed by atoms with Gasteiger partial charge in [-0.2, -0.15) is 5.10 Å². The first-order valence-corrected chi connectivity index (χ1v) is 9.08. The van der Waals surface area contributed by atoms with Crippen molar-refractivity contribution in [2.75, 3.05) is 6.54 Å². The molecule has 4 rings (SSSR count). The molecule has 1 fully saturated rings. The third kappa shape index (κ3) is 3.14. The first-order chi connectivity index (χ1) is 11.9. The Hall–Kier alpha value is -2.35. The number of nitrogens with zero attached hydrogens (tertiary/aromatic N) is 1. The molecule has 122 valence electrons. The van der Waals surface area contributed by atoms with Crippen LogP contribution in [0.5, 0.6) is 0 Å². The molecule has 1 N–H and O–H groups in total. The average Bonchev–Trinajstić information content (AvgIpc) is 2.65. The molecule has 0 unspecified atom stereocenters. The molecule has 1 aliphatic rings. The summed E-state index contributed by atoms with van der Waals surface area (Å²) in [4.78, 5) is 0. The topological polar surface area (TPSA) is 24.4 Å². The fraction of sp³-hybridized carbons (Fsp3) is 0.318. The first-order valence-electron chi connectivity index (χ1n) is 9.08. The second-order valence-corrected chi connectivity index (χ2v) is 6.86. The van der Waals surface area contributed by atoms with Crippen molar-refractivity contribution in [3.63, 3.8) is 0 Å². The standard InChI is InChI=1S/C22H24N2/c1-2-8-17(9-3-1)15-23-24-16-22-20-12-6-4-10-18(20)14-19-11-5-7-13-21(19)22/h4-7,10-14,16-17,23H,1-3,8-9,15H2/b24-16+. The number of rotatable bonds is 4. The molecule has 0 spiro atoms. The van der Waals surface area contributed by atoms with Gasteiger partial charge in [0, 0.05) is 12.1 Å². The highest BCUT2D eigenvalue weighted by atomic mass is 15.3. The minimum Gasteiger partial charge on any atom is -0.310 e. The van der Waals surface area contributed by atoms with E-state index in [1.54, 1.807) is 0 Å². The summed E-state index contributed by atoms with van der Waals surface area (Å²) in [6.45, 7) is 0.999. The van der Waals surface area contributed by atoms with Gasteiger partial charge in [0.25, 0.3) is 0 Å². The molecular weight excluding hydrogens is 292 g/mol. The largest absolute Gasteiger partial charge is 0.310 e. The van der Waals surface area contributed by atoms with E-state index in [1.807, 2.05) is 6.21 Å². The van der Waals surface area contributed by atoms with Crippen LogP contribution in [0.25, 0.3) is 21.5 Å². The van der Waals surface area contributed by atoms with Crippen LogP contribution in [-0.2, 0) is 0 Å². The predicted molar refractivity (Wildman–Crippen MR) is 104 cm³/mol. The van der Waals surface area contributed by atoms with E-state index in [0.717, 1.165) is 12.5 Å². The van der Waals surface area contributed by atoms with Crippen molar-refractivity contribution in [2.45, 2.75) is 32.1 Å². The van der Waals surface area contributed by atoms with E-state index in [4.69, 9.17) is 0 Å². The summed E-state index contributed by atoms with van der Waals surface area (Å²) in [5.74, 6) is 0.792. The predicted octanol–water partition coefficient (Wildman–Crippen LogP) is 5.50. The van der Waals surface area contributed by atoms with Crippen molar-refractivity contribution in [1.82, 2.24) is 5.43 Å². The number of hydrazone groups is 1. The third-order valence-corrected chi connectivity index (χ3v) is 5.20. The van der Waals surface area contributed by atoms with E-state index in [9.17, 15) is 0 Å². The van der Waals surface area contributed by atoms with Crippen molar-refractivity contribution < 1.29 is 0 Å². The van der Waals surface area contributed by atoms with Gasteiger partial charge < -0.3 is 5.43 Å². The summed E-state index contributed by atoms with van der Waals surface area (Å²) in [5, 5.41) is 9.62. The molecule has 0 saturated heterocycles. The fourth-order valence-electron chi connectivity index (χ4n) is 3.87. The van der Waals surface area contributed by atoms with E-state index in [-0.39, 0.29) is 0 Å². The van der Waals surface area contributed by atoms with Gasteiger partial charge in [0.05, 0.1) is 6.21 Å². The quantitative estimate of drug-likeness (QED) is 0.384. The summed E-state index contributed by atoms with van der Waals surface area (Å²) in [5.41, 5.74) is 4.51. The summed E-state index contributed by atoms with van der Waals surface area (Å²) >= 11 is 0. The molecule has 24 heavy (non-hydrogen) atoms. The number of benzene rings is 3. The van der Waals surface area contributed by atoms with Gasteiger partial charge in [-0.1, -0.05) is 67.8 Å². The molecule has 3 aromatic carbocycles. The van der Waals surface area contributed by atoms with Gasteiger partial charge in [-0.05, 0) is 46.4 Å². The molecule has 1 aliphatic carbocycles. The van der Waals surface area contributed by atoms with Crippen molar-refractivity contribution in [3.8, 4) is 0 Å². The molecule has 1 saturated carbocycles. The lowest BCUT2D eigenvalue weighted by molar-refractivity contribution is 0.345.